The van der Waals surface area contributed by atoms with E-state index in [1.165, 1.54) is 10.6 Å². The van der Waals surface area contributed by atoms with Crippen LogP contribution in [0.1, 0.15) is 18.4 Å². The summed E-state index contributed by atoms with van der Waals surface area (Å²) in [4.78, 5) is 11.5. The molecule has 0 atom stereocenters. The van der Waals surface area contributed by atoms with Crippen LogP contribution in [0.4, 0.5) is 23.0 Å². The molecule has 4 aromatic rings. The van der Waals surface area contributed by atoms with Crippen molar-refractivity contribution in [1.82, 2.24) is 14.5 Å². The fourth-order valence-corrected chi connectivity index (χ4v) is 5.02. The SMILES string of the molecule is CN(c1ccccc1Cn1ccc2cnc(Nc3ccc(N4CCC(O)CC4)cc3)nc21)S(C)(=O)=O. The normalized spacial score (nSPS) is 14.8. The first-order valence-electron chi connectivity index (χ1n) is 11.9. The van der Waals surface area contributed by atoms with E-state index in [0.29, 0.717) is 18.2 Å². The second-order valence-electron chi connectivity index (χ2n) is 9.17. The lowest BCUT2D eigenvalue weighted by Crippen LogP contribution is -2.35. The van der Waals surface area contributed by atoms with Gasteiger partial charge in [-0.25, -0.2) is 13.4 Å². The Morgan fingerprint density at radius 1 is 1.08 bits per heavy atom. The molecule has 2 N–H and O–H groups in total. The molecule has 0 spiro atoms. The van der Waals surface area contributed by atoms with Gasteiger partial charge in [0.2, 0.25) is 16.0 Å². The van der Waals surface area contributed by atoms with Crippen molar-refractivity contribution in [2.24, 2.45) is 0 Å². The van der Waals surface area contributed by atoms with Crippen LogP contribution in [0.25, 0.3) is 11.0 Å². The molecule has 9 nitrogen and oxygen atoms in total. The van der Waals surface area contributed by atoms with Gasteiger partial charge in [0.05, 0.1) is 24.6 Å². The first-order valence-corrected chi connectivity index (χ1v) is 13.8. The van der Waals surface area contributed by atoms with Gasteiger partial charge >= 0.3 is 0 Å². The highest BCUT2D eigenvalue weighted by atomic mass is 32.2. The van der Waals surface area contributed by atoms with E-state index >= 15 is 0 Å². The molecule has 1 saturated heterocycles. The standard InChI is InChI=1S/C26H30N6O3S/c1-30(36(2,34)35)24-6-4-3-5-20(24)18-32-14-11-19-17-27-26(29-25(19)32)28-21-7-9-22(10-8-21)31-15-12-23(33)13-16-31/h3-11,14,17,23,33H,12-13,15-16,18H2,1-2H3,(H,27,28,29). The number of rotatable bonds is 7. The maximum atomic E-state index is 12.1. The third-order valence-corrected chi connectivity index (χ3v) is 7.82. The molecule has 2 aromatic carbocycles. The number of sulfonamides is 1. The molecule has 0 saturated carbocycles. The van der Waals surface area contributed by atoms with E-state index in [1.54, 1.807) is 19.3 Å². The van der Waals surface area contributed by atoms with E-state index in [4.69, 9.17) is 4.98 Å². The van der Waals surface area contributed by atoms with Gasteiger partial charge in [0.15, 0.2) is 0 Å². The summed E-state index contributed by atoms with van der Waals surface area (Å²) in [5, 5.41) is 13.9. The summed E-state index contributed by atoms with van der Waals surface area (Å²) in [6, 6.07) is 17.6. The Bertz CT molecular complexity index is 1460. The first kappa shape index (κ1) is 24.1. The van der Waals surface area contributed by atoms with Crippen LogP contribution >= 0.6 is 0 Å². The lowest BCUT2D eigenvalue weighted by molar-refractivity contribution is 0.145. The zero-order chi connectivity index (χ0) is 25.3. The predicted octanol–water partition coefficient (Wildman–Crippen LogP) is 3.58. The van der Waals surface area contributed by atoms with E-state index in [9.17, 15) is 13.5 Å². The predicted molar refractivity (Wildman–Crippen MR) is 143 cm³/mol. The van der Waals surface area contributed by atoms with Gasteiger partial charge in [0.25, 0.3) is 0 Å². The number of hydrogen-bond donors (Lipinski definition) is 2. The number of aliphatic hydroxyl groups excluding tert-OH is 1. The van der Waals surface area contributed by atoms with Crippen LogP contribution in [0.5, 0.6) is 0 Å². The Hall–Kier alpha value is -3.63. The van der Waals surface area contributed by atoms with Crippen molar-refractivity contribution in [2.45, 2.75) is 25.5 Å². The number of para-hydroxylation sites is 1. The van der Waals surface area contributed by atoms with Crippen LogP contribution in [-0.4, -0.2) is 60.6 Å². The highest BCUT2D eigenvalue weighted by molar-refractivity contribution is 7.92. The highest BCUT2D eigenvalue weighted by Gasteiger charge is 2.18. The number of benzene rings is 2. The van der Waals surface area contributed by atoms with Crippen molar-refractivity contribution in [2.75, 3.05) is 40.9 Å². The Balaban J connectivity index is 1.35. The molecule has 1 aliphatic rings. The van der Waals surface area contributed by atoms with Gasteiger partial charge in [0, 0.05) is 49.3 Å². The van der Waals surface area contributed by atoms with Crippen LogP contribution in [0.15, 0.2) is 67.0 Å². The molecule has 2 aromatic heterocycles. The van der Waals surface area contributed by atoms with Crippen LogP contribution in [0.3, 0.4) is 0 Å². The van der Waals surface area contributed by atoms with Crippen molar-refractivity contribution < 1.29 is 13.5 Å². The van der Waals surface area contributed by atoms with Crippen LogP contribution < -0.4 is 14.5 Å². The van der Waals surface area contributed by atoms with E-state index in [-0.39, 0.29) is 6.10 Å². The maximum Gasteiger partial charge on any atom is 0.232 e. The number of hydrogen-bond acceptors (Lipinski definition) is 7. The number of fused-ring (bicyclic) bond motifs is 1. The molecule has 1 fully saturated rings. The monoisotopic (exact) mass is 506 g/mol. The average molecular weight is 507 g/mol. The van der Waals surface area contributed by atoms with Gasteiger partial charge in [-0.1, -0.05) is 18.2 Å². The summed E-state index contributed by atoms with van der Waals surface area (Å²) in [7, 11) is -1.82. The molecule has 188 valence electrons. The summed E-state index contributed by atoms with van der Waals surface area (Å²) >= 11 is 0. The fourth-order valence-electron chi connectivity index (χ4n) is 4.48. The summed E-state index contributed by atoms with van der Waals surface area (Å²) < 4.78 is 27.5. The Morgan fingerprint density at radius 2 is 1.81 bits per heavy atom. The number of aromatic nitrogens is 3. The maximum absolute atomic E-state index is 12.1. The third-order valence-electron chi connectivity index (χ3n) is 6.62. The first-order chi connectivity index (χ1) is 17.3. The van der Waals surface area contributed by atoms with Gasteiger partial charge in [-0.3, -0.25) is 4.31 Å². The summed E-state index contributed by atoms with van der Waals surface area (Å²) in [5.74, 6) is 0.484. The topological polar surface area (TPSA) is 104 Å². The van der Waals surface area contributed by atoms with Gasteiger partial charge in [-0.2, -0.15) is 4.98 Å². The molecule has 36 heavy (non-hydrogen) atoms. The van der Waals surface area contributed by atoms with Gasteiger partial charge in [0.1, 0.15) is 5.65 Å². The number of nitrogens with zero attached hydrogens (tertiary/aromatic N) is 5. The van der Waals surface area contributed by atoms with E-state index in [2.05, 4.69) is 27.3 Å². The quantitative estimate of drug-likeness (QED) is 0.395. The molecule has 5 rings (SSSR count). The largest absolute Gasteiger partial charge is 0.393 e. The van der Waals surface area contributed by atoms with Gasteiger partial charge < -0.3 is 19.9 Å². The van der Waals surface area contributed by atoms with Crippen molar-refractivity contribution in [3.8, 4) is 0 Å². The molecular weight excluding hydrogens is 476 g/mol. The zero-order valence-corrected chi connectivity index (χ0v) is 21.2. The van der Waals surface area contributed by atoms with Crippen LogP contribution in [0, 0.1) is 0 Å². The molecule has 0 bridgehead atoms. The summed E-state index contributed by atoms with van der Waals surface area (Å²) in [6.07, 6.45) is 6.31. The van der Waals surface area contributed by atoms with Crippen molar-refractivity contribution >= 4 is 44.1 Å². The molecule has 0 aliphatic carbocycles. The van der Waals surface area contributed by atoms with Crippen molar-refractivity contribution in [1.29, 1.82) is 0 Å². The Kier molecular flexibility index (Phi) is 6.55. The van der Waals surface area contributed by atoms with Crippen molar-refractivity contribution in [3.05, 3.63) is 72.6 Å². The molecule has 1 aliphatic heterocycles. The van der Waals surface area contributed by atoms with E-state index < -0.39 is 10.0 Å². The number of piperidine rings is 1. The minimum atomic E-state index is -3.38. The number of nitrogens with one attached hydrogen (secondary N) is 1. The van der Waals surface area contributed by atoms with Gasteiger partial charge in [-0.15, -0.1) is 0 Å². The lowest BCUT2D eigenvalue weighted by atomic mass is 10.1. The molecule has 0 unspecified atom stereocenters. The van der Waals surface area contributed by atoms with E-state index in [0.717, 1.165) is 53.9 Å². The summed E-state index contributed by atoms with van der Waals surface area (Å²) in [5.41, 5.74) is 4.28. The second kappa shape index (κ2) is 9.79. The van der Waals surface area contributed by atoms with Crippen LogP contribution in [-0.2, 0) is 16.6 Å². The van der Waals surface area contributed by atoms with Crippen molar-refractivity contribution in [3.63, 3.8) is 0 Å². The molecule has 0 amide bonds. The minimum Gasteiger partial charge on any atom is -0.393 e. The Labute approximate surface area is 211 Å². The van der Waals surface area contributed by atoms with Gasteiger partial charge in [-0.05, 0) is 54.8 Å². The molecule has 10 heteroatoms. The number of aliphatic hydroxyl groups is 1. The van der Waals surface area contributed by atoms with Crippen LogP contribution in [0.2, 0.25) is 0 Å². The molecule has 0 radical (unpaired) electrons. The number of anilines is 4. The highest BCUT2D eigenvalue weighted by Crippen LogP contribution is 2.26. The minimum absolute atomic E-state index is 0.192. The fraction of sp³-hybridized carbons (Fsp3) is 0.308. The smallest absolute Gasteiger partial charge is 0.232 e. The lowest BCUT2D eigenvalue weighted by Gasteiger charge is -2.31. The van der Waals surface area contributed by atoms with E-state index in [1.807, 2.05) is 47.2 Å². The second-order valence-corrected chi connectivity index (χ2v) is 11.2. The zero-order valence-electron chi connectivity index (χ0n) is 20.4. The summed E-state index contributed by atoms with van der Waals surface area (Å²) in [6.45, 7) is 2.18. The molecular formula is C26H30N6O3S. The third kappa shape index (κ3) is 5.14. The average Bonchev–Trinajstić information content (AvgIpc) is 3.26. The molecule has 3 heterocycles. The Morgan fingerprint density at radius 3 is 2.53 bits per heavy atom.